The first-order valence-corrected chi connectivity index (χ1v) is 32.7. The topological polar surface area (TPSA) is 61.4 Å². The van der Waals surface area contributed by atoms with Crippen LogP contribution < -0.4 is 0 Å². The number of para-hydroxylation sites is 6. The normalized spacial score (nSPS) is 12.1. The van der Waals surface area contributed by atoms with Gasteiger partial charge in [0.25, 0.3) is 0 Å². The molecule has 0 spiro atoms. The van der Waals surface area contributed by atoms with Crippen LogP contribution in [0, 0.1) is 0 Å². The summed E-state index contributed by atoms with van der Waals surface area (Å²) in [5.41, 5.74) is 18.4. The molecular weight excluding hydrogens is 1160 g/mol. The van der Waals surface area contributed by atoms with Crippen molar-refractivity contribution in [2.45, 2.75) is 0 Å². The maximum atomic E-state index is 5.51. The summed E-state index contributed by atoms with van der Waals surface area (Å²) >= 11 is 3.71. The zero-order valence-electron chi connectivity index (χ0n) is 49.2. The molecule has 8 heteroatoms. The summed E-state index contributed by atoms with van der Waals surface area (Å²) in [5.74, 6) is 1.61. The first-order valence-electron chi connectivity index (χ1n) is 31.1. The molecule has 6 nitrogen and oxygen atoms in total. The van der Waals surface area contributed by atoms with Gasteiger partial charge in [0.05, 0.1) is 44.1 Å². The number of fused-ring (bicyclic) bond motifs is 18. The molecule has 0 aliphatic carbocycles. The van der Waals surface area contributed by atoms with Gasteiger partial charge in [0, 0.05) is 73.0 Å². The van der Waals surface area contributed by atoms with E-state index in [2.05, 4.69) is 276 Å². The van der Waals surface area contributed by atoms with Gasteiger partial charge < -0.3 is 0 Å². The fourth-order valence-electron chi connectivity index (χ4n) is 14.7. The Morgan fingerprint density at radius 1 is 0.228 bits per heavy atom. The molecule has 0 N–H and O–H groups in total. The molecule has 92 heavy (non-hydrogen) atoms. The van der Waals surface area contributed by atoms with Crippen LogP contribution in [0.5, 0.6) is 0 Å². The Kier molecular flexibility index (Phi) is 11.1. The summed E-state index contributed by atoms with van der Waals surface area (Å²) in [6.07, 6.45) is 0. The third-order valence-electron chi connectivity index (χ3n) is 18.9. The number of rotatable bonds is 7. The molecule has 0 saturated heterocycles. The third-order valence-corrected chi connectivity index (χ3v) is 21.1. The van der Waals surface area contributed by atoms with E-state index in [4.69, 9.17) is 19.9 Å². The minimum absolute atomic E-state index is 0.806. The van der Waals surface area contributed by atoms with Crippen molar-refractivity contribution in [2.24, 2.45) is 0 Å². The van der Waals surface area contributed by atoms with Gasteiger partial charge in [-0.3, -0.25) is 9.13 Å². The van der Waals surface area contributed by atoms with E-state index in [1.165, 1.54) is 89.0 Å². The summed E-state index contributed by atoms with van der Waals surface area (Å²) < 4.78 is 9.71. The Hall–Kier alpha value is -11.7. The highest BCUT2D eigenvalue weighted by molar-refractivity contribution is 7.26. The number of hydrogen-bond donors (Lipinski definition) is 0. The smallest absolute Gasteiger partial charge is 0.165 e. The highest BCUT2D eigenvalue weighted by Gasteiger charge is 2.25. The van der Waals surface area contributed by atoms with Gasteiger partial charge in [-0.25, -0.2) is 19.9 Å². The maximum Gasteiger partial charge on any atom is 0.165 e. The Labute approximate surface area is 534 Å². The molecule has 6 heterocycles. The van der Waals surface area contributed by atoms with Crippen molar-refractivity contribution in [1.82, 2.24) is 29.1 Å². The zero-order chi connectivity index (χ0) is 60.1. The molecular formula is C84H48N6S2. The second-order valence-electron chi connectivity index (χ2n) is 24.0. The Balaban J connectivity index is 0.692. The van der Waals surface area contributed by atoms with E-state index in [1.54, 1.807) is 0 Å². The average molecular weight is 1210 g/mol. The number of benzene rings is 14. The Morgan fingerprint density at radius 2 is 0.674 bits per heavy atom. The quantitative estimate of drug-likeness (QED) is 0.160. The lowest BCUT2D eigenvalue weighted by Crippen LogP contribution is -2.03. The first kappa shape index (κ1) is 51.2. The van der Waals surface area contributed by atoms with Crippen molar-refractivity contribution in [2.75, 3.05) is 0 Å². The van der Waals surface area contributed by atoms with Crippen molar-refractivity contribution < 1.29 is 0 Å². The van der Waals surface area contributed by atoms with E-state index in [0.717, 1.165) is 106 Å². The summed E-state index contributed by atoms with van der Waals surface area (Å²) in [6, 6.07) is 105. The molecule has 426 valence electrons. The van der Waals surface area contributed by atoms with Gasteiger partial charge in [-0.2, -0.15) is 0 Å². The van der Waals surface area contributed by atoms with Crippen molar-refractivity contribution in [1.29, 1.82) is 0 Å². The van der Waals surface area contributed by atoms with Gasteiger partial charge in [-0.15, -0.1) is 22.7 Å². The molecule has 0 amide bonds. The van der Waals surface area contributed by atoms with Gasteiger partial charge >= 0.3 is 0 Å². The van der Waals surface area contributed by atoms with Crippen molar-refractivity contribution >= 4 is 150 Å². The first-order chi connectivity index (χ1) is 45.6. The van der Waals surface area contributed by atoms with E-state index < -0.39 is 0 Å². The molecule has 0 radical (unpaired) electrons. The van der Waals surface area contributed by atoms with Crippen LogP contribution in [0.1, 0.15) is 0 Å². The fraction of sp³-hybridized carbons (Fsp3) is 0. The SMILES string of the molecule is c1ccc(-c2cccc(-c3nc4ccccc4nc3-n3c4ccccc4c4cc5c(cc43)sc3ccc4c(-c6cccc(-c7ccc(-c8nc9ccccc9nc8-n8c9ccccc9c9cc%10c(cc98)sc8ccc9ccccc9c8%10)cc7)c6)cccc4c35)c2)cc1. The minimum atomic E-state index is 0.806. The van der Waals surface area contributed by atoms with Gasteiger partial charge in [0.15, 0.2) is 11.6 Å². The Morgan fingerprint density at radius 3 is 1.30 bits per heavy atom. The summed E-state index contributed by atoms with van der Waals surface area (Å²) in [4.78, 5) is 21.9. The zero-order valence-corrected chi connectivity index (χ0v) is 50.8. The number of nitrogens with zero attached hydrogens (tertiary/aromatic N) is 6. The molecule has 0 fully saturated rings. The largest absolute Gasteiger partial charge is 0.292 e. The van der Waals surface area contributed by atoms with Gasteiger partial charge in [-0.05, 0) is 140 Å². The molecule has 0 atom stereocenters. The minimum Gasteiger partial charge on any atom is -0.292 e. The van der Waals surface area contributed by atoms with E-state index in [1.807, 2.05) is 46.9 Å². The summed E-state index contributed by atoms with van der Waals surface area (Å²) in [7, 11) is 0. The van der Waals surface area contributed by atoms with Crippen LogP contribution >= 0.6 is 22.7 Å². The lowest BCUT2D eigenvalue weighted by molar-refractivity contribution is 1.08. The highest BCUT2D eigenvalue weighted by Crippen LogP contribution is 2.48. The van der Waals surface area contributed by atoms with Crippen molar-refractivity contribution in [3.8, 4) is 67.5 Å². The molecule has 6 aromatic heterocycles. The van der Waals surface area contributed by atoms with E-state index in [9.17, 15) is 0 Å². The molecule has 0 aliphatic rings. The lowest BCUT2D eigenvalue weighted by Gasteiger charge is -2.14. The van der Waals surface area contributed by atoms with Crippen LogP contribution in [0.2, 0.25) is 0 Å². The average Bonchev–Trinajstić information content (AvgIpc) is 1.57. The van der Waals surface area contributed by atoms with E-state index in [-0.39, 0.29) is 0 Å². The predicted octanol–water partition coefficient (Wildman–Crippen LogP) is 23.1. The summed E-state index contributed by atoms with van der Waals surface area (Å²) in [5, 5.41) is 14.9. The maximum absolute atomic E-state index is 5.51. The predicted molar refractivity (Wildman–Crippen MR) is 389 cm³/mol. The molecule has 0 aliphatic heterocycles. The molecule has 0 bridgehead atoms. The molecule has 0 saturated carbocycles. The molecule has 0 unspecified atom stereocenters. The standard InChI is InChI=1S/C84H48N6S2/c1-2-17-49(18-3-1)54-21-15-23-56(44-54)82-84(88-70-32-11-9-30-68(70)86-82)90-72-34-13-7-26-61(72)64-46-66-78(48-74(64)90)92-76-42-40-59-57(27-16-28-62(59)80(66)76)55-22-14-20-53(43-55)50-35-37-52(38-36-50)81-83(87-69-31-10-8-29-67(69)85-81)89-71-33-12-6-25-60(71)63-45-65-77(47-73(63)89)91-75-41-39-51-19-4-5-24-58(51)79(65)75/h1-48H. The van der Waals surface area contributed by atoms with Crippen LogP contribution in [0.4, 0.5) is 0 Å². The third kappa shape index (κ3) is 7.78. The van der Waals surface area contributed by atoms with Crippen LogP contribution in [0.3, 0.4) is 0 Å². The second-order valence-corrected chi connectivity index (χ2v) is 26.2. The number of hydrogen-bond acceptors (Lipinski definition) is 6. The van der Waals surface area contributed by atoms with Crippen LogP contribution in [-0.2, 0) is 0 Å². The van der Waals surface area contributed by atoms with Crippen LogP contribution in [0.15, 0.2) is 291 Å². The molecule has 20 aromatic rings. The second kappa shape index (κ2) is 19.9. The monoisotopic (exact) mass is 1200 g/mol. The van der Waals surface area contributed by atoms with Gasteiger partial charge in [0.2, 0.25) is 0 Å². The van der Waals surface area contributed by atoms with Crippen LogP contribution in [-0.4, -0.2) is 29.1 Å². The lowest BCUT2D eigenvalue weighted by atomic mass is 9.93. The fourth-order valence-corrected chi connectivity index (χ4v) is 16.9. The Bertz CT molecular complexity index is 6510. The van der Waals surface area contributed by atoms with Gasteiger partial charge in [-0.1, -0.05) is 206 Å². The van der Waals surface area contributed by atoms with E-state index >= 15 is 0 Å². The number of aromatic nitrogens is 6. The summed E-state index contributed by atoms with van der Waals surface area (Å²) in [6.45, 7) is 0. The highest BCUT2D eigenvalue weighted by atomic mass is 32.1. The van der Waals surface area contributed by atoms with Gasteiger partial charge in [0.1, 0.15) is 11.4 Å². The van der Waals surface area contributed by atoms with E-state index in [0.29, 0.717) is 0 Å². The van der Waals surface area contributed by atoms with Crippen LogP contribution in [0.25, 0.3) is 195 Å². The molecule has 20 rings (SSSR count). The number of thiophene rings is 2. The van der Waals surface area contributed by atoms with Crippen molar-refractivity contribution in [3.05, 3.63) is 291 Å². The van der Waals surface area contributed by atoms with Crippen molar-refractivity contribution in [3.63, 3.8) is 0 Å². The molecule has 14 aromatic carbocycles.